The summed E-state index contributed by atoms with van der Waals surface area (Å²) in [6, 6.07) is 10.1. The minimum absolute atomic E-state index is 0.0371. The molecule has 1 heterocycles. The number of carbonyl (C=O) groups excluding carboxylic acids is 1. The summed E-state index contributed by atoms with van der Waals surface area (Å²) in [4.78, 5) is 15.6. The molecule has 1 N–H and O–H groups in total. The zero-order chi connectivity index (χ0) is 15.1. The number of benzene rings is 1. The molecule has 1 fully saturated rings. The summed E-state index contributed by atoms with van der Waals surface area (Å²) >= 11 is 1.62. The number of rotatable bonds is 6. The highest BCUT2D eigenvalue weighted by Gasteiger charge is 2.18. The maximum Gasteiger partial charge on any atom is 0.233 e. The van der Waals surface area contributed by atoms with E-state index in [2.05, 4.69) is 17.3 Å². The molecule has 3 nitrogen and oxygen atoms in total. The molecule has 1 aliphatic rings. The van der Waals surface area contributed by atoms with Crippen LogP contribution in [-0.4, -0.2) is 42.7 Å². The van der Waals surface area contributed by atoms with Crippen molar-refractivity contribution in [2.45, 2.75) is 36.3 Å². The molecule has 0 saturated carbocycles. The van der Waals surface area contributed by atoms with E-state index in [9.17, 15) is 4.79 Å². The van der Waals surface area contributed by atoms with Crippen LogP contribution in [-0.2, 0) is 4.79 Å². The lowest BCUT2D eigenvalue weighted by atomic mass is 9.94. The first-order valence-corrected chi connectivity index (χ1v) is 8.71. The minimum Gasteiger partial charge on any atom is -0.355 e. The van der Waals surface area contributed by atoms with Gasteiger partial charge in [-0.05, 0) is 64.4 Å². The second-order valence-corrected chi connectivity index (χ2v) is 7.31. The molecule has 116 valence electrons. The Kier molecular flexibility index (Phi) is 6.58. The van der Waals surface area contributed by atoms with Crippen molar-refractivity contribution in [1.29, 1.82) is 0 Å². The van der Waals surface area contributed by atoms with Crippen molar-refractivity contribution < 1.29 is 4.79 Å². The van der Waals surface area contributed by atoms with Gasteiger partial charge in [-0.3, -0.25) is 4.79 Å². The zero-order valence-corrected chi connectivity index (χ0v) is 13.9. The van der Waals surface area contributed by atoms with E-state index in [1.54, 1.807) is 11.8 Å². The lowest BCUT2D eigenvalue weighted by molar-refractivity contribution is -0.120. The molecule has 4 heteroatoms. The van der Waals surface area contributed by atoms with Gasteiger partial charge in [-0.15, -0.1) is 11.8 Å². The van der Waals surface area contributed by atoms with Gasteiger partial charge in [0.15, 0.2) is 0 Å². The molecule has 2 rings (SSSR count). The first kappa shape index (κ1) is 16.4. The number of nitrogens with one attached hydrogen (secondary N) is 1. The molecule has 0 spiro atoms. The van der Waals surface area contributed by atoms with Crippen LogP contribution < -0.4 is 5.32 Å². The third kappa shape index (κ3) is 5.71. The second-order valence-electron chi connectivity index (χ2n) is 5.90. The molecular weight excluding hydrogens is 280 g/mol. The van der Waals surface area contributed by atoms with Gasteiger partial charge in [-0.25, -0.2) is 0 Å². The minimum atomic E-state index is -0.0371. The highest BCUT2D eigenvalue weighted by atomic mass is 32.2. The molecule has 1 amide bonds. The van der Waals surface area contributed by atoms with E-state index in [4.69, 9.17) is 0 Å². The summed E-state index contributed by atoms with van der Waals surface area (Å²) in [6.45, 7) is 5.17. The smallest absolute Gasteiger partial charge is 0.233 e. The molecule has 0 unspecified atom stereocenters. The van der Waals surface area contributed by atoms with Crippen molar-refractivity contribution in [2.75, 3.05) is 26.7 Å². The highest BCUT2D eigenvalue weighted by Crippen LogP contribution is 2.23. The van der Waals surface area contributed by atoms with E-state index in [0.29, 0.717) is 0 Å². The van der Waals surface area contributed by atoms with Crippen molar-refractivity contribution in [3.63, 3.8) is 0 Å². The van der Waals surface area contributed by atoms with Gasteiger partial charge in [0.05, 0.1) is 5.25 Å². The average Bonchev–Trinajstić information content (AvgIpc) is 2.50. The van der Waals surface area contributed by atoms with Crippen LogP contribution in [0.25, 0.3) is 0 Å². The molecular formula is C17H26N2OS. The predicted octanol–water partition coefficient (Wildman–Crippen LogP) is 3.02. The largest absolute Gasteiger partial charge is 0.355 e. The number of carbonyl (C=O) groups is 1. The van der Waals surface area contributed by atoms with Gasteiger partial charge in [0.25, 0.3) is 0 Å². The molecule has 21 heavy (non-hydrogen) atoms. The Morgan fingerprint density at radius 2 is 2.00 bits per heavy atom. The van der Waals surface area contributed by atoms with Gasteiger partial charge in [0, 0.05) is 11.4 Å². The summed E-state index contributed by atoms with van der Waals surface area (Å²) in [5, 5.41) is 3.05. The summed E-state index contributed by atoms with van der Waals surface area (Å²) in [6.07, 6.45) is 3.64. The van der Waals surface area contributed by atoms with E-state index in [-0.39, 0.29) is 11.2 Å². The Morgan fingerprint density at radius 1 is 1.33 bits per heavy atom. The second kappa shape index (κ2) is 8.44. The average molecular weight is 306 g/mol. The normalized spacial score (nSPS) is 18.4. The van der Waals surface area contributed by atoms with Crippen LogP contribution in [0, 0.1) is 5.92 Å². The quantitative estimate of drug-likeness (QED) is 0.820. The van der Waals surface area contributed by atoms with Crippen LogP contribution in [0.1, 0.15) is 26.2 Å². The number of likely N-dealkylation sites (tertiary alicyclic amines) is 1. The fourth-order valence-corrected chi connectivity index (χ4v) is 3.56. The molecule has 0 aliphatic carbocycles. The highest BCUT2D eigenvalue weighted by molar-refractivity contribution is 8.00. The maximum absolute atomic E-state index is 12.1. The lowest BCUT2D eigenvalue weighted by Crippen LogP contribution is -2.35. The van der Waals surface area contributed by atoms with Crippen molar-refractivity contribution in [2.24, 2.45) is 5.92 Å². The molecule has 1 aromatic rings. The van der Waals surface area contributed by atoms with Crippen LogP contribution >= 0.6 is 11.8 Å². The van der Waals surface area contributed by atoms with Crippen LogP contribution in [0.2, 0.25) is 0 Å². The third-order valence-electron chi connectivity index (χ3n) is 4.12. The summed E-state index contributed by atoms with van der Waals surface area (Å²) in [7, 11) is 2.18. The predicted molar refractivity (Wildman–Crippen MR) is 89.6 cm³/mol. The lowest BCUT2D eigenvalue weighted by Gasteiger charge is -2.29. The van der Waals surface area contributed by atoms with Crippen LogP contribution in [0.4, 0.5) is 0 Å². The standard InChI is InChI=1S/C17H26N2OS/c1-14(21-16-6-4-3-5-7-16)17(20)18-11-8-15-9-12-19(2)13-10-15/h3-7,14-15H,8-13H2,1-2H3,(H,18,20)/t14-/m0/s1. The number of hydrogen-bond acceptors (Lipinski definition) is 3. The van der Waals surface area contributed by atoms with Crippen LogP contribution in [0.15, 0.2) is 35.2 Å². The maximum atomic E-state index is 12.1. The monoisotopic (exact) mass is 306 g/mol. The molecule has 1 atom stereocenters. The molecule has 0 aromatic heterocycles. The van der Waals surface area contributed by atoms with Gasteiger partial charge in [-0.1, -0.05) is 18.2 Å². The number of piperidine rings is 1. The van der Waals surface area contributed by atoms with E-state index < -0.39 is 0 Å². The fraction of sp³-hybridized carbons (Fsp3) is 0.588. The Hall–Kier alpha value is -1.00. The molecule has 1 aromatic carbocycles. The first-order valence-electron chi connectivity index (χ1n) is 7.83. The van der Waals surface area contributed by atoms with Gasteiger partial charge in [0.2, 0.25) is 5.91 Å². The number of hydrogen-bond donors (Lipinski definition) is 1. The van der Waals surface area contributed by atoms with Crippen molar-refractivity contribution in [3.8, 4) is 0 Å². The van der Waals surface area contributed by atoms with Crippen molar-refractivity contribution >= 4 is 17.7 Å². The third-order valence-corrected chi connectivity index (χ3v) is 5.23. The molecule has 0 bridgehead atoms. The topological polar surface area (TPSA) is 32.3 Å². The number of thioether (sulfide) groups is 1. The zero-order valence-electron chi connectivity index (χ0n) is 13.0. The first-order chi connectivity index (χ1) is 10.1. The Balaban J connectivity index is 1.65. The van der Waals surface area contributed by atoms with Crippen molar-refractivity contribution in [1.82, 2.24) is 10.2 Å². The Morgan fingerprint density at radius 3 is 2.67 bits per heavy atom. The van der Waals surface area contributed by atoms with Gasteiger partial charge < -0.3 is 10.2 Å². The molecule has 1 aliphatic heterocycles. The van der Waals surface area contributed by atoms with Gasteiger partial charge in [-0.2, -0.15) is 0 Å². The number of nitrogens with zero attached hydrogens (tertiary/aromatic N) is 1. The fourth-order valence-electron chi connectivity index (χ4n) is 2.65. The van der Waals surface area contributed by atoms with Crippen LogP contribution in [0.3, 0.4) is 0 Å². The Labute approximate surface area is 132 Å². The summed E-state index contributed by atoms with van der Waals surface area (Å²) in [5.74, 6) is 0.926. The van der Waals surface area contributed by atoms with Crippen molar-refractivity contribution in [3.05, 3.63) is 30.3 Å². The molecule has 1 saturated heterocycles. The van der Waals surface area contributed by atoms with E-state index in [1.165, 1.54) is 25.9 Å². The SMILES string of the molecule is C[C@H](Sc1ccccc1)C(=O)NCCC1CCN(C)CC1. The molecule has 0 radical (unpaired) electrons. The van der Waals surface area contributed by atoms with Gasteiger partial charge >= 0.3 is 0 Å². The number of amides is 1. The Bertz CT molecular complexity index is 430. The van der Waals surface area contributed by atoms with E-state index in [0.717, 1.165) is 23.8 Å². The van der Waals surface area contributed by atoms with E-state index >= 15 is 0 Å². The van der Waals surface area contributed by atoms with Crippen LogP contribution in [0.5, 0.6) is 0 Å². The van der Waals surface area contributed by atoms with E-state index in [1.807, 2.05) is 37.3 Å². The summed E-state index contributed by atoms with van der Waals surface area (Å²) < 4.78 is 0. The summed E-state index contributed by atoms with van der Waals surface area (Å²) in [5.41, 5.74) is 0. The van der Waals surface area contributed by atoms with Gasteiger partial charge in [0.1, 0.15) is 0 Å².